The number of imide groups is 1. The van der Waals surface area contributed by atoms with Crippen LogP contribution in [-0.2, 0) is 0 Å². The summed E-state index contributed by atoms with van der Waals surface area (Å²) in [5.74, 6) is 0.162. The molecule has 0 saturated heterocycles. The van der Waals surface area contributed by atoms with E-state index in [0.717, 1.165) is 12.8 Å². The Morgan fingerprint density at radius 1 is 0.889 bits per heavy atom. The lowest BCUT2D eigenvalue weighted by molar-refractivity contribution is -0.384. The number of nitrogens with zero attached hydrogens (tertiary/aromatic N) is 2. The van der Waals surface area contributed by atoms with Gasteiger partial charge in [-0.1, -0.05) is 12.1 Å². The van der Waals surface area contributed by atoms with E-state index in [1.807, 2.05) is 0 Å². The van der Waals surface area contributed by atoms with E-state index in [1.54, 1.807) is 36.4 Å². The topological polar surface area (TPSA) is 89.8 Å². The molecule has 1 fully saturated rings. The summed E-state index contributed by atoms with van der Waals surface area (Å²) in [6.07, 6.45) is 2.77. The molecule has 0 unspecified atom stereocenters. The molecule has 7 heteroatoms. The van der Waals surface area contributed by atoms with Crippen LogP contribution in [0.2, 0.25) is 0 Å². The van der Waals surface area contributed by atoms with E-state index in [2.05, 4.69) is 0 Å². The third kappa shape index (κ3) is 3.16. The zero-order chi connectivity index (χ0) is 19.0. The lowest BCUT2D eigenvalue weighted by Gasteiger charge is -2.33. The highest BCUT2D eigenvalue weighted by atomic mass is 16.6. The van der Waals surface area contributed by atoms with Crippen molar-refractivity contribution >= 4 is 17.5 Å². The van der Waals surface area contributed by atoms with Gasteiger partial charge < -0.3 is 4.74 Å². The molecule has 2 aromatic rings. The normalized spacial score (nSPS) is 21.9. The summed E-state index contributed by atoms with van der Waals surface area (Å²) in [4.78, 5) is 36.8. The molecule has 27 heavy (non-hydrogen) atoms. The molecular formula is C20H18N2O5. The first-order valence-electron chi connectivity index (χ1n) is 8.92. The highest BCUT2D eigenvalue weighted by Crippen LogP contribution is 2.32. The number of ether oxygens (including phenoxy) is 1. The number of nitro benzene ring substituents is 1. The molecule has 0 bridgehead atoms. The lowest BCUT2D eigenvalue weighted by Crippen LogP contribution is -2.43. The van der Waals surface area contributed by atoms with Crippen LogP contribution >= 0.6 is 0 Å². The fourth-order valence-corrected chi connectivity index (χ4v) is 3.80. The van der Waals surface area contributed by atoms with Crippen molar-refractivity contribution in [1.29, 1.82) is 0 Å². The van der Waals surface area contributed by atoms with Gasteiger partial charge in [0.05, 0.1) is 22.2 Å². The summed E-state index contributed by atoms with van der Waals surface area (Å²) >= 11 is 0. The molecule has 0 spiro atoms. The van der Waals surface area contributed by atoms with Gasteiger partial charge in [0.1, 0.15) is 5.75 Å². The predicted octanol–water partition coefficient (Wildman–Crippen LogP) is 3.58. The monoisotopic (exact) mass is 366 g/mol. The van der Waals surface area contributed by atoms with Crippen LogP contribution in [0.5, 0.6) is 5.75 Å². The van der Waals surface area contributed by atoms with Crippen molar-refractivity contribution in [1.82, 2.24) is 4.90 Å². The van der Waals surface area contributed by atoms with Crippen molar-refractivity contribution in [2.45, 2.75) is 37.8 Å². The Morgan fingerprint density at radius 3 is 1.96 bits per heavy atom. The van der Waals surface area contributed by atoms with Crippen molar-refractivity contribution in [2.24, 2.45) is 0 Å². The molecule has 1 heterocycles. The fourth-order valence-electron chi connectivity index (χ4n) is 3.80. The zero-order valence-corrected chi connectivity index (χ0v) is 14.5. The molecule has 0 atom stereocenters. The van der Waals surface area contributed by atoms with Crippen LogP contribution in [0.3, 0.4) is 0 Å². The number of hydrogen-bond acceptors (Lipinski definition) is 5. The molecule has 1 aliphatic carbocycles. The Labute approximate surface area is 155 Å². The van der Waals surface area contributed by atoms with Crippen LogP contribution in [0.4, 0.5) is 5.69 Å². The maximum absolute atomic E-state index is 12.6. The molecule has 7 nitrogen and oxygen atoms in total. The predicted molar refractivity (Wildman–Crippen MR) is 96.7 cm³/mol. The van der Waals surface area contributed by atoms with Gasteiger partial charge >= 0.3 is 0 Å². The highest BCUT2D eigenvalue weighted by molar-refractivity contribution is 6.21. The molecule has 0 aromatic heterocycles. The van der Waals surface area contributed by atoms with E-state index in [-0.39, 0.29) is 29.6 Å². The lowest BCUT2D eigenvalue weighted by atomic mass is 9.91. The molecule has 138 valence electrons. The summed E-state index contributed by atoms with van der Waals surface area (Å²) in [6.45, 7) is 0. The van der Waals surface area contributed by atoms with Crippen LogP contribution in [0.15, 0.2) is 48.5 Å². The molecule has 4 rings (SSSR count). The number of carbonyl (C=O) groups excluding carboxylic acids is 2. The summed E-state index contributed by atoms with van der Waals surface area (Å²) in [5, 5.41) is 10.7. The van der Waals surface area contributed by atoms with Gasteiger partial charge in [0.15, 0.2) is 0 Å². The first kappa shape index (κ1) is 17.2. The second-order valence-electron chi connectivity index (χ2n) is 6.83. The van der Waals surface area contributed by atoms with E-state index in [9.17, 15) is 19.7 Å². The minimum Gasteiger partial charge on any atom is -0.490 e. The molecule has 1 saturated carbocycles. The van der Waals surface area contributed by atoms with Crippen molar-refractivity contribution in [3.05, 3.63) is 69.8 Å². The van der Waals surface area contributed by atoms with Gasteiger partial charge in [-0.15, -0.1) is 0 Å². The quantitative estimate of drug-likeness (QED) is 0.469. The maximum Gasteiger partial charge on any atom is 0.269 e. The average molecular weight is 366 g/mol. The highest BCUT2D eigenvalue weighted by Gasteiger charge is 2.41. The van der Waals surface area contributed by atoms with Gasteiger partial charge in [-0.05, 0) is 49.9 Å². The van der Waals surface area contributed by atoms with Crippen LogP contribution in [0.25, 0.3) is 0 Å². The third-order valence-corrected chi connectivity index (χ3v) is 5.18. The SMILES string of the molecule is O=C1c2ccccc2C(=O)N1C1CCC(Oc2ccc([N+](=O)[O-])cc2)CC1. The van der Waals surface area contributed by atoms with Gasteiger partial charge in [0.25, 0.3) is 17.5 Å². The van der Waals surface area contributed by atoms with Gasteiger partial charge in [-0.3, -0.25) is 24.6 Å². The molecule has 0 N–H and O–H groups in total. The van der Waals surface area contributed by atoms with E-state index >= 15 is 0 Å². The number of fused-ring (bicyclic) bond motifs is 1. The fraction of sp³-hybridized carbons (Fsp3) is 0.300. The molecular weight excluding hydrogens is 348 g/mol. The Balaban J connectivity index is 1.37. The van der Waals surface area contributed by atoms with Gasteiger partial charge in [-0.25, -0.2) is 0 Å². The molecule has 1 aliphatic heterocycles. The Morgan fingerprint density at radius 2 is 1.44 bits per heavy atom. The number of rotatable bonds is 4. The second kappa shape index (κ2) is 6.83. The first-order valence-corrected chi connectivity index (χ1v) is 8.92. The third-order valence-electron chi connectivity index (χ3n) is 5.18. The summed E-state index contributed by atoms with van der Waals surface area (Å²) in [5.41, 5.74) is 0.982. The average Bonchev–Trinajstić information content (AvgIpc) is 2.94. The first-order chi connectivity index (χ1) is 13.0. The van der Waals surface area contributed by atoms with E-state index in [4.69, 9.17) is 4.74 Å². The number of nitro groups is 1. The van der Waals surface area contributed by atoms with Crippen LogP contribution in [-0.4, -0.2) is 33.8 Å². The number of hydrogen-bond donors (Lipinski definition) is 0. The standard InChI is InChI=1S/C20H18N2O5/c23-19-17-3-1-2-4-18(17)20(24)21(19)13-5-9-15(10-6-13)27-16-11-7-14(8-12-16)22(25)26/h1-4,7-8,11-13,15H,5-6,9-10H2. The number of non-ortho nitro benzene ring substituents is 1. The summed E-state index contributed by atoms with van der Waals surface area (Å²) in [7, 11) is 0. The maximum atomic E-state index is 12.6. The van der Waals surface area contributed by atoms with Crippen molar-refractivity contribution in [3.63, 3.8) is 0 Å². The minimum atomic E-state index is -0.447. The molecule has 2 aliphatic rings. The minimum absolute atomic E-state index is 0.0247. The molecule has 2 aromatic carbocycles. The van der Waals surface area contributed by atoms with Crippen LogP contribution in [0.1, 0.15) is 46.4 Å². The second-order valence-corrected chi connectivity index (χ2v) is 6.83. The molecule has 2 amide bonds. The number of benzene rings is 2. The van der Waals surface area contributed by atoms with Crippen LogP contribution in [0, 0.1) is 10.1 Å². The van der Waals surface area contributed by atoms with Gasteiger partial charge in [-0.2, -0.15) is 0 Å². The Kier molecular flexibility index (Phi) is 4.35. The van der Waals surface area contributed by atoms with E-state index in [1.165, 1.54) is 17.0 Å². The van der Waals surface area contributed by atoms with Crippen molar-refractivity contribution in [3.8, 4) is 5.75 Å². The smallest absolute Gasteiger partial charge is 0.269 e. The summed E-state index contributed by atoms with van der Waals surface area (Å²) < 4.78 is 5.91. The van der Waals surface area contributed by atoms with Crippen LogP contribution < -0.4 is 4.74 Å². The molecule has 0 radical (unpaired) electrons. The van der Waals surface area contributed by atoms with Crippen molar-refractivity contribution < 1.29 is 19.2 Å². The van der Waals surface area contributed by atoms with E-state index in [0.29, 0.717) is 29.7 Å². The number of carbonyl (C=O) groups is 2. The number of amides is 2. The Bertz CT molecular complexity index is 866. The van der Waals surface area contributed by atoms with Crippen molar-refractivity contribution in [2.75, 3.05) is 0 Å². The zero-order valence-electron chi connectivity index (χ0n) is 14.5. The largest absolute Gasteiger partial charge is 0.490 e. The van der Waals surface area contributed by atoms with E-state index < -0.39 is 4.92 Å². The Hall–Kier alpha value is -3.22. The van der Waals surface area contributed by atoms with Gasteiger partial charge in [0.2, 0.25) is 0 Å². The summed E-state index contributed by atoms with van der Waals surface area (Å²) in [6, 6.07) is 12.8. The van der Waals surface area contributed by atoms with Gasteiger partial charge in [0, 0.05) is 18.2 Å².